The number of rotatable bonds is 3. The van der Waals surface area contributed by atoms with Crippen LogP contribution in [-0.2, 0) is 4.74 Å². The Labute approximate surface area is 118 Å². The van der Waals surface area contributed by atoms with Gasteiger partial charge in [-0.05, 0) is 25.1 Å². The van der Waals surface area contributed by atoms with Crippen LogP contribution < -0.4 is 10.5 Å². The Hall–Kier alpha value is -1.79. The summed E-state index contributed by atoms with van der Waals surface area (Å²) in [5.41, 5.74) is 6.03. The second-order valence-electron chi connectivity index (χ2n) is 4.90. The van der Waals surface area contributed by atoms with E-state index in [9.17, 15) is 9.90 Å². The zero-order chi connectivity index (χ0) is 14.7. The quantitative estimate of drug-likeness (QED) is 0.846. The average molecular weight is 280 g/mol. The molecule has 6 heteroatoms. The largest absolute Gasteiger partial charge is 0.504 e. The van der Waals surface area contributed by atoms with Gasteiger partial charge in [0.25, 0.3) is 5.91 Å². The van der Waals surface area contributed by atoms with Crippen molar-refractivity contribution in [2.45, 2.75) is 19.1 Å². The highest BCUT2D eigenvalue weighted by Crippen LogP contribution is 2.27. The number of nitrogens with zero attached hydrogens (tertiary/aromatic N) is 1. The normalized spacial score (nSPS) is 22.6. The Bertz CT molecular complexity index is 492. The van der Waals surface area contributed by atoms with Gasteiger partial charge in [0.2, 0.25) is 0 Å². The molecule has 1 fully saturated rings. The van der Waals surface area contributed by atoms with Crippen LogP contribution in [0.5, 0.6) is 11.5 Å². The number of amides is 1. The second-order valence-corrected chi connectivity index (χ2v) is 4.90. The van der Waals surface area contributed by atoms with Crippen LogP contribution in [0.25, 0.3) is 0 Å². The summed E-state index contributed by atoms with van der Waals surface area (Å²) in [6.07, 6.45) is -0.192. The number of aromatic hydroxyl groups is 1. The van der Waals surface area contributed by atoms with E-state index in [1.165, 1.54) is 13.2 Å². The predicted molar refractivity (Wildman–Crippen MR) is 74.0 cm³/mol. The molecule has 6 nitrogen and oxygen atoms in total. The van der Waals surface area contributed by atoms with Crippen molar-refractivity contribution in [3.63, 3.8) is 0 Å². The molecule has 2 atom stereocenters. The second kappa shape index (κ2) is 6.11. The summed E-state index contributed by atoms with van der Waals surface area (Å²) in [5, 5.41) is 9.75. The van der Waals surface area contributed by atoms with Gasteiger partial charge in [-0.25, -0.2) is 0 Å². The number of phenols is 1. The van der Waals surface area contributed by atoms with E-state index in [0.29, 0.717) is 30.9 Å². The molecule has 0 aromatic heterocycles. The molecule has 20 heavy (non-hydrogen) atoms. The molecule has 0 bridgehead atoms. The highest BCUT2D eigenvalue weighted by Gasteiger charge is 2.28. The Morgan fingerprint density at radius 2 is 2.30 bits per heavy atom. The third-order valence-electron chi connectivity index (χ3n) is 3.30. The highest BCUT2D eigenvalue weighted by atomic mass is 16.5. The minimum absolute atomic E-state index is 0.0463. The molecule has 0 radical (unpaired) electrons. The molecule has 0 spiro atoms. The lowest BCUT2D eigenvalue weighted by Crippen LogP contribution is -2.51. The molecule has 3 N–H and O–H groups in total. The fourth-order valence-electron chi connectivity index (χ4n) is 2.35. The van der Waals surface area contributed by atoms with Gasteiger partial charge < -0.3 is 25.2 Å². The van der Waals surface area contributed by atoms with Crippen molar-refractivity contribution in [3.05, 3.63) is 23.8 Å². The Balaban J connectivity index is 2.16. The highest BCUT2D eigenvalue weighted by molar-refractivity contribution is 5.95. The van der Waals surface area contributed by atoms with Gasteiger partial charge in [0.15, 0.2) is 11.5 Å². The van der Waals surface area contributed by atoms with Crippen molar-refractivity contribution in [2.75, 3.05) is 26.7 Å². The molecule has 1 aliphatic rings. The van der Waals surface area contributed by atoms with Crippen molar-refractivity contribution >= 4 is 5.91 Å². The van der Waals surface area contributed by atoms with Crippen molar-refractivity contribution in [3.8, 4) is 11.5 Å². The number of benzene rings is 1. The first-order valence-corrected chi connectivity index (χ1v) is 6.57. The lowest BCUT2D eigenvalue weighted by atomic mass is 10.1. The zero-order valence-electron chi connectivity index (χ0n) is 11.7. The maximum atomic E-state index is 12.4. The molecular weight excluding hydrogens is 260 g/mol. The number of ether oxygens (including phenoxy) is 2. The molecule has 1 amide bonds. The average Bonchev–Trinajstić information content (AvgIpc) is 2.45. The third-order valence-corrected chi connectivity index (χ3v) is 3.30. The van der Waals surface area contributed by atoms with Crippen LogP contribution >= 0.6 is 0 Å². The van der Waals surface area contributed by atoms with Gasteiger partial charge in [-0.15, -0.1) is 0 Å². The van der Waals surface area contributed by atoms with E-state index in [1.807, 2.05) is 6.92 Å². The van der Waals surface area contributed by atoms with E-state index in [2.05, 4.69) is 0 Å². The summed E-state index contributed by atoms with van der Waals surface area (Å²) in [4.78, 5) is 14.1. The minimum atomic E-state index is -0.144. The summed E-state index contributed by atoms with van der Waals surface area (Å²) >= 11 is 0. The van der Waals surface area contributed by atoms with Gasteiger partial charge in [-0.2, -0.15) is 0 Å². The summed E-state index contributed by atoms with van der Waals surface area (Å²) in [5.74, 6) is 0.156. The van der Waals surface area contributed by atoms with E-state index in [0.717, 1.165) is 0 Å². The molecule has 1 aliphatic heterocycles. The van der Waals surface area contributed by atoms with Gasteiger partial charge in [0, 0.05) is 25.2 Å². The monoisotopic (exact) mass is 280 g/mol. The van der Waals surface area contributed by atoms with Crippen LogP contribution in [0.15, 0.2) is 18.2 Å². The maximum absolute atomic E-state index is 12.4. The van der Waals surface area contributed by atoms with Gasteiger partial charge in [0.1, 0.15) is 0 Å². The van der Waals surface area contributed by atoms with Crippen LogP contribution in [0.3, 0.4) is 0 Å². The van der Waals surface area contributed by atoms with Crippen LogP contribution in [0.2, 0.25) is 0 Å². The van der Waals surface area contributed by atoms with E-state index >= 15 is 0 Å². The summed E-state index contributed by atoms with van der Waals surface area (Å²) in [6, 6.07) is 4.63. The van der Waals surface area contributed by atoms with E-state index in [1.54, 1.807) is 17.0 Å². The lowest BCUT2D eigenvalue weighted by molar-refractivity contribution is -0.0625. The number of nitrogens with two attached hydrogens (primary N) is 1. The zero-order valence-corrected chi connectivity index (χ0v) is 11.7. The molecule has 1 saturated heterocycles. The van der Waals surface area contributed by atoms with Crippen molar-refractivity contribution < 1.29 is 19.4 Å². The van der Waals surface area contributed by atoms with E-state index in [4.69, 9.17) is 15.2 Å². The summed E-state index contributed by atoms with van der Waals surface area (Å²) in [7, 11) is 1.46. The lowest BCUT2D eigenvalue weighted by Gasteiger charge is -2.36. The van der Waals surface area contributed by atoms with Crippen LogP contribution in [0.1, 0.15) is 17.3 Å². The first kappa shape index (κ1) is 14.6. The number of phenolic OH excluding ortho intramolecular Hbond substituents is 1. The molecule has 110 valence electrons. The smallest absolute Gasteiger partial charge is 0.254 e. The molecule has 0 saturated carbocycles. The van der Waals surface area contributed by atoms with Gasteiger partial charge in [-0.3, -0.25) is 4.79 Å². The number of hydrogen-bond acceptors (Lipinski definition) is 5. The predicted octanol–water partition coefficient (Wildman–Crippen LogP) is 0.589. The van der Waals surface area contributed by atoms with Crippen LogP contribution in [-0.4, -0.2) is 54.9 Å². The van der Waals surface area contributed by atoms with E-state index < -0.39 is 0 Å². The van der Waals surface area contributed by atoms with Crippen molar-refractivity contribution in [2.24, 2.45) is 5.73 Å². The summed E-state index contributed by atoms with van der Waals surface area (Å²) in [6.45, 7) is 3.27. The fraction of sp³-hybridized carbons (Fsp3) is 0.500. The molecule has 1 aromatic carbocycles. The first-order valence-electron chi connectivity index (χ1n) is 6.57. The molecule has 0 aliphatic carbocycles. The van der Waals surface area contributed by atoms with Crippen LogP contribution in [0.4, 0.5) is 0 Å². The Kier molecular flexibility index (Phi) is 4.46. The van der Waals surface area contributed by atoms with Gasteiger partial charge in [-0.1, -0.05) is 0 Å². The van der Waals surface area contributed by atoms with Crippen molar-refractivity contribution in [1.82, 2.24) is 4.90 Å². The number of methoxy groups -OCH3 is 1. The standard InChI is InChI=1S/C14H20N2O4/c1-9-7-16(8-11(6-15)20-9)14(18)10-3-4-13(19-2)12(17)5-10/h3-5,9,11,17H,6-8,15H2,1-2H3. The third kappa shape index (κ3) is 3.02. The SMILES string of the molecule is COc1ccc(C(=O)N2CC(C)OC(CN)C2)cc1O. The number of carbonyl (C=O) groups excluding carboxylic acids is 1. The van der Waals surface area contributed by atoms with Crippen LogP contribution in [0, 0.1) is 0 Å². The Morgan fingerprint density at radius 1 is 1.55 bits per heavy atom. The number of hydrogen-bond donors (Lipinski definition) is 2. The molecule has 1 aromatic rings. The first-order chi connectivity index (χ1) is 9.55. The number of carbonyl (C=O) groups is 1. The fourth-order valence-corrected chi connectivity index (χ4v) is 2.35. The maximum Gasteiger partial charge on any atom is 0.254 e. The number of morpholine rings is 1. The van der Waals surface area contributed by atoms with Gasteiger partial charge in [0.05, 0.1) is 19.3 Å². The van der Waals surface area contributed by atoms with Crippen molar-refractivity contribution in [1.29, 1.82) is 0 Å². The molecule has 2 rings (SSSR count). The van der Waals surface area contributed by atoms with Gasteiger partial charge >= 0.3 is 0 Å². The molecule has 2 unspecified atom stereocenters. The van der Waals surface area contributed by atoms with E-state index in [-0.39, 0.29) is 23.9 Å². The summed E-state index contributed by atoms with van der Waals surface area (Å²) < 4.78 is 10.6. The molecular formula is C14H20N2O4. The topological polar surface area (TPSA) is 85.0 Å². The Morgan fingerprint density at radius 3 is 2.90 bits per heavy atom. The minimum Gasteiger partial charge on any atom is -0.504 e. The molecule has 1 heterocycles.